The second-order valence-electron chi connectivity index (χ2n) is 20.4. The zero-order valence-electron chi connectivity index (χ0n) is 45.9. The summed E-state index contributed by atoms with van der Waals surface area (Å²) in [4.78, 5) is 109. The molecule has 5 N–H and O–H groups in total. The first-order valence-electron chi connectivity index (χ1n) is 25.6. The molecule has 0 unspecified atom stereocenters. The number of rotatable bonds is 28. The third-order valence-corrected chi connectivity index (χ3v) is 14.4. The number of nitrogens with one attached hydrogen (secondary N) is 5. The van der Waals surface area contributed by atoms with Crippen molar-refractivity contribution >= 4 is 63.0 Å². The van der Waals surface area contributed by atoms with Crippen LogP contribution in [0.1, 0.15) is 116 Å². The van der Waals surface area contributed by atoms with E-state index in [4.69, 9.17) is 9.47 Å². The van der Waals surface area contributed by atoms with E-state index in [0.29, 0.717) is 42.6 Å². The Labute approximate surface area is 446 Å². The van der Waals surface area contributed by atoms with Crippen molar-refractivity contribution in [3.05, 3.63) is 53.6 Å². The summed E-state index contributed by atoms with van der Waals surface area (Å²) in [7, 11) is 8.43. The fourth-order valence-corrected chi connectivity index (χ4v) is 9.92. The number of hydrogen-bond acceptors (Lipinski definition) is 13. The molecule has 20 nitrogen and oxygen atoms in total. The minimum Gasteiger partial charge on any atom is -0.379 e. The molecule has 0 radical (unpaired) electrons. The van der Waals surface area contributed by atoms with Crippen molar-refractivity contribution in [2.75, 3.05) is 47.2 Å². The van der Waals surface area contributed by atoms with Gasteiger partial charge in [-0.2, -0.15) is 5.26 Å². The summed E-state index contributed by atoms with van der Waals surface area (Å²) in [5, 5.41) is 24.3. The molecule has 2 aromatic rings. The van der Waals surface area contributed by atoms with Crippen LogP contribution < -0.4 is 26.6 Å². The average molecular weight is 1100 g/mol. The van der Waals surface area contributed by atoms with Crippen molar-refractivity contribution in [2.24, 2.45) is 23.7 Å². The van der Waals surface area contributed by atoms with Gasteiger partial charge in [-0.15, -0.1) is 0 Å². The molecule has 1 aliphatic rings. The quantitative estimate of drug-likeness (QED) is 0.0750. The number of anilines is 1. The number of aromatic nitrogens is 2. The Kier molecular flexibility index (Phi) is 25.5. The van der Waals surface area contributed by atoms with Gasteiger partial charge in [0.25, 0.3) is 5.91 Å². The number of carbonyl (C=O) groups excluding carboxylic acids is 7. The molecule has 7 amide bonds. The largest absolute Gasteiger partial charge is 0.379 e. The van der Waals surface area contributed by atoms with Gasteiger partial charge in [0.05, 0.1) is 66.1 Å². The molecule has 11 atom stereocenters. The van der Waals surface area contributed by atoms with Crippen molar-refractivity contribution in [3.8, 4) is 6.07 Å². The maximum Gasteiger partial charge on any atom is 0.255 e. The Balaban J connectivity index is 1.68. The molecule has 1 saturated heterocycles. The number of nitriles is 1. The molecule has 0 spiro atoms. The lowest BCUT2D eigenvalue weighted by molar-refractivity contribution is -0.148. The molecule has 0 aliphatic carbocycles. The number of hydrogen-bond donors (Lipinski definition) is 5. The molecule has 1 aliphatic heterocycles. The van der Waals surface area contributed by atoms with Crippen molar-refractivity contribution in [1.82, 2.24) is 45.9 Å². The monoisotopic (exact) mass is 1100 g/mol. The highest BCUT2D eigenvalue weighted by molar-refractivity contribution is 9.08. The number of methoxy groups -OCH3 is 2. The third kappa shape index (κ3) is 17.5. The average Bonchev–Trinajstić information content (AvgIpc) is 3.84. The lowest BCUT2D eigenvalue weighted by Crippen LogP contribution is -2.59. The van der Waals surface area contributed by atoms with Gasteiger partial charge < -0.3 is 45.9 Å². The predicted molar refractivity (Wildman–Crippen MR) is 285 cm³/mol. The van der Waals surface area contributed by atoms with Crippen molar-refractivity contribution < 1.29 is 43.0 Å². The van der Waals surface area contributed by atoms with Crippen LogP contribution in [0.3, 0.4) is 0 Å². The van der Waals surface area contributed by atoms with Crippen molar-refractivity contribution in [1.29, 1.82) is 5.26 Å². The first-order chi connectivity index (χ1) is 34.9. The van der Waals surface area contributed by atoms with E-state index in [-0.39, 0.29) is 66.2 Å². The van der Waals surface area contributed by atoms with Crippen LogP contribution in [0.15, 0.2) is 36.7 Å². The van der Waals surface area contributed by atoms with E-state index in [1.54, 1.807) is 42.0 Å². The number of amides is 7. The fraction of sp³-hybridized carbons (Fsp3) is 0.660. The number of halogens is 1. The summed E-state index contributed by atoms with van der Waals surface area (Å²) in [5.74, 6) is -3.22. The van der Waals surface area contributed by atoms with Crippen molar-refractivity contribution in [2.45, 2.75) is 161 Å². The highest BCUT2D eigenvalue weighted by atomic mass is 79.9. The Bertz CT molecular complexity index is 2240. The summed E-state index contributed by atoms with van der Waals surface area (Å²) >= 11 is 3.25. The van der Waals surface area contributed by atoms with Crippen LogP contribution in [-0.2, 0) is 50.0 Å². The second-order valence-corrected chi connectivity index (χ2v) is 20.9. The Morgan fingerprint density at radius 2 is 1.50 bits per heavy atom. The molecule has 74 heavy (non-hydrogen) atoms. The van der Waals surface area contributed by atoms with Gasteiger partial charge in [-0.3, -0.25) is 38.5 Å². The van der Waals surface area contributed by atoms with Crippen LogP contribution in [0.2, 0.25) is 0 Å². The zero-order chi connectivity index (χ0) is 55.6. The first-order valence-corrected chi connectivity index (χ1v) is 26.7. The lowest BCUT2D eigenvalue weighted by atomic mass is 9.89. The molecule has 3 rings (SSSR count). The standard InChI is InChI=1S/C53H82BrN11O9/c1-15-32(6)46(64(12)53(72)44(30(2)3)62-52(71)45(31(4)5)63(10)11)41(73-13)26-43(66)65-23-17-20-40(65)47(74-14)33(7)48(67)60-39(21-22-55)25-36-18-16-19-38(24-36)61-50(69)35(9)58-49(68)34(8)59-51(70)37-28-56-42(27-54)57-29-37/h16,18-19,24,28-35,39-41,44-47H,15,17,20-21,23,25-27H2,1-14H3,(H,58,68)(H,59,70)(H,60,67)(H,61,69)(H,62,71)/t32-,33+,34-,35-,39+,40-,41+,44-,45-,46-,47+/m0/s1. The molecule has 410 valence electrons. The van der Waals surface area contributed by atoms with Crippen LogP contribution in [0.25, 0.3) is 0 Å². The lowest BCUT2D eigenvalue weighted by Gasteiger charge is -2.41. The topological polar surface area (TPSA) is 257 Å². The predicted octanol–water partition coefficient (Wildman–Crippen LogP) is 4.22. The minimum absolute atomic E-state index is 0.0119. The van der Waals surface area contributed by atoms with Gasteiger partial charge in [0.15, 0.2) is 0 Å². The van der Waals surface area contributed by atoms with Gasteiger partial charge in [-0.1, -0.05) is 82.9 Å². The van der Waals surface area contributed by atoms with Gasteiger partial charge in [0.2, 0.25) is 35.4 Å². The second kappa shape index (κ2) is 30.1. The Morgan fingerprint density at radius 3 is 2.05 bits per heavy atom. The van der Waals surface area contributed by atoms with Gasteiger partial charge in [-0.25, -0.2) is 9.97 Å². The molecule has 1 aromatic carbocycles. The summed E-state index contributed by atoms with van der Waals surface area (Å²) in [6.07, 6.45) is 3.50. The normalized spacial score (nSPS) is 17.6. The van der Waals surface area contributed by atoms with Crippen LogP contribution in [0.5, 0.6) is 0 Å². The summed E-state index contributed by atoms with van der Waals surface area (Å²) in [6.45, 7) is 16.9. The van der Waals surface area contributed by atoms with E-state index in [1.165, 1.54) is 40.5 Å². The van der Waals surface area contributed by atoms with Crippen LogP contribution in [0.4, 0.5) is 5.69 Å². The molecule has 21 heteroatoms. The van der Waals surface area contributed by atoms with E-state index in [1.807, 2.05) is 66.6 Å². The van der Waals surface area contributed by atoms with Gasteiger partial charge in [0.1, 0.15) is 23.9 Å². The van der Waals surface area contributed by atoms with Crippen LogP contribution in [0, 0.1) is 35.0 Å². The number of alkyl halides is 1. The SMILES string of the molecule is CC[C@H](C)[C@@H]([C@@H](CC(=O)N1CCC[C@H]1[C@H](OC)[C@@H](C)C(=O)N[C@H](CC#N)Cc1cccc(NC(=O)[C@H](C)NC(=O)[C@H](C)NC(=O)c2cnc(CBr)nc2)c1)OC)N(C)C(=O)[C@@H](NC(=O)[C@H](C(C)C)N(C)C)C(C)C. The fourth-order valence-electron chi connectivity index (χ4n) is 9.63. The van der Waals surface area contributed by atoms with Crippen molar-refractivity contribution in [3.63, 3.8) is 0 Å². The summed E-state index contributed by atoms with van der Waals surface area (Å²) < 4.78 is 12.1. The summed E-state index contributed by atoms with van der Waals surface area (Å²) in [6, 6.07) is 4.34. The zero-order valence-corrected chi connectivity index (χ0v) is 47.4. The number of likely N-dealkylation sites (tertiary alicyclic amines) is 1. The molecular formula is C53H82BrN11O9. The number of nitrogens with zero attached hydrogens (tertiary/aromatic N) is 6. The van der Waals surface area contributed by atoms with E-state index in [2.05, 4.69) is 58.6 Å². The molecule has 1 fully saturated rings. The highest BCUT2D eigenvalue weighted by Crippen LogP contribution is 2.30. The number of ether oxygens (including phenoxy) is 2. The van der Waals surface area contributed by atoms with Crippen LogP contribution in [-0.4, -0.2) is 162 Å². The Hall–Kier alpha value is -5.56. The van der Waals surface area contributed by atoms with E-state index >= 15 is 0 Å². The highest BCUT2D eigenvalue weighted by Gasteiger charge is 2.43. The minimum atomic E-state index is -0.977. The van der Waals surface area contributed by atoms with Crippen LogP contribution >= 0.6 is 15.9 Å². The number of likely N-dealkylation sites (N-methyl/N-ethyl adjacent to an activating group) is 2. The van der Waals surface area contributed by atoms with E-state index < -0.39 is 78.1 Å². The third-order valence-electron chi connectivity index (χ3n) is 13.9. The number of carbonyl (C=O) groups is 7. The maximum atomic E-state index is 14.4. The molecule has 2 heterocycles. The van der Waals surface area contributed by atoms with E-state index in [9.17, 15) is 38.8 Å². The smallest absolute Gasteiger partial charge is 0.255 e. The first kappa shape index (κ1) is 62.7. The number of benzene rings is 1. The Morgan fingerprint density at radius 1 is 0.851 bits per heavy atom. The van der Waals surface area contributed by atoms with E-state index in [0.717, 1.165) is 5.56 Å². The summed E-state index contributed by atoms with van der Waals surface area (Å²) in [5.41, 5.74) is 1.32. The maximum absolute atomic E-state index is 14.4. The van der Waals surface area contributed by atoms with Gasteiger partial charge in [-0.05, 0) is 82.7 Å². The molecule has 0 bridgehead atoms. The molecule has 0 saturated carbocycles. The molecular weight excluding hydrogens is 1010 g/mol. The van der Waals surface area contributed by atoms with Gasteiger partial charge in [0, 0.05) is 51.9 Å². The van der Waals surface area contributed by atoms with Gasteiger partial charge >= 0.3 is 0 Å². The molecule has 1 aromatic heterocycles.